The van der Waals surface area contributed by atoms with Gasteiger partial charge in [-0.05, 0) is 24.3 Å². The molecule has 128 valence electrons. The number of aromatic amines is 1. The monoisotopic (exact) mass is 396 g/mol. The van der Waals surface area contributed by atoms with Gasteiger partial charge in [0.05, 0.1) is 31.8 Å². The molecule has 0 aliphatic carbocycles. The lowest BCUT2D eigenvalue weighted by molar-refractivity contribution is -0.384. The van der Waals surface area contributed by atoms with Crippen molar-refractivity contribution in [3.05, 3.63) is 56.6 Å². The van der Waals surface area contributed by atoms with Gasteiger partial charge < -0.3 is 10.3 Å². The fourth-order valence-corrected chi connectivity index (χ4v) is 3.04. The average Bonchev–Trinajstić information content (AvgIpc) is 2.98. The molecular weight excluding hydrogens is 387 g/mol. The number of hydrogen-bond donors (Lipinski definition) is 2. The Hall–Kier alpha value is -2.29. The fraction of sp³-hybridized carbons (Fsp3) is 0.0667. The van der Waals surface area contributed by atoms with Crippen molar-refractivity contribution in [3.8, 4) is 0 Å². The summed E-state index contributed by atoms with van der Waals surface area (Å²) in [6, 6.07) is 9.16. The van der Waals surface area contributed by atoms with Gasteiger partial charge in [-0.25, -0.2) is 4.98 Å². The highest BCUT2D eigenvalue weighted by Gasteiger charge is 2.11. The molecule has 1 heterocycles. The molecule has 0 unspecified atom stereocenters. The molecule has 25 heavy (non-hydrogen) atoms. The van der Waals surface area contributed by atoms with Crippen LogP contribution in [0.5, 0.6) is 0 Å². The predicted molar refractivity (Wildman–Crippen MR) is 98.6 cm³/mol. The third-order valence-corrected chi connectivity index (χ3v) is 4.81. The van der Waals surface area contributed by atoms with Gasteiger partial charge in [-0.3, -0.25) is 14.9 Å². The number of nitro benzene ring substituents is 1. The molecular formula is C15H10Cl2N4O3S. The van der Waals surface area contributed by atoms with Gasteiger partial charge >= 0.3 is 0 Å². The Balaban J connectivity index is 1.64. The lowest BCUT2D eigenvalue weighted by Crippen LogP contribution is -2.14. The number of amides is 1. The summed E-state index contributed by atoms with van der Waals surface area (Å²) in [7, 11) is 0. The first-order valence-corrected chi connectivity index (χ1v) is 8.68. The number of nitrogens with one attached hydrogen (secondary N) is 2. The van der Waals surface area contributed by atoms with Gasteiger partial charge in [0, 0.05) is 17.8 Å². The van der Waals surface area contributed by atoms with Crippen molar-refractivity contribution < 1.29 is 9.72 Å². The summed E-state index contributed by atoms with van der Waals surface area (Å²) < 4.78 is 0. The van der Waals surface area contributed by atoms with E-state index in [-0.39, 0.29) is 17.3 Å². The van der Waals surface area contributed by atoms with E-state index in [0.717, 1.165) is 0 Å². The minimum Gasteiger partial charge on any atom is -0.333 e. The topological polar surface area (TPSA) is 101 Å². The van der Waals surface area contributed by atoms with Crippen LogP contribution in [0.1, 0.15) is 0 Å². The smallest absolute Gasteiger partial charge is 0.271 e. The summed E-state index contributed by atoms with van der Waals surface area (Å²) in [6.07, 6.45) is 0. The number of carbonyl (C=O) groups is 1. The second kappa shape index (κ2) is 7.30. The lowest BCUT2D eigenvalue weighted by Gasteiger charge is -2.05. The lowest BCUT2D eigenvalue weighted by atomic mass is 10.3. The van der Waals surface area contributed by atoms with E-state index in [1.54, 1.807) is 24.3 Å². The molecule has 0 saturated carbocycles. The van der Waals surface area contributed by atoms with E-state index in [0.29, 0.717) is 31.9 Å². The van der Waals surface area contributed by atoms with Crippen LogP contribution < -0.4 is 5.32 Å². The molecule has 3 rings (SSSR count). The fourth-order valence-electron chi connectivity index (χ4n) is 2.06. The van der Waals surface area contributed by atoms with E-state index in [4.69, 9.17) is 23.2 Å². The molecule has 1 amide bonds. The maximum atomic E-state index is 12.0. The standard InChI is InChI=1S/C15H10Cl2N4O3S/c16-10-3-1-8(5-11(10)17)18-14(22)7-25-15-19-12-4-2-9(21(23)24)6-13(12)20-15/h1-6H,7H2,(H,18,22)(H,19,20). The molecule has 7 nitrogen and oxygen atoms in total. The van der Waals surface area contributed by atoms with Crippen molar-refractivity contribution >= 4 is 63.3 Å². The molecule has 10 heteroatoms. The average molecular weight is 397 g/mol. The van der Waals surface area contributed by atoms with Crippen LogP contribution in [0.2, 0.25) is 10.0 Å². The summed E-state index contributed by atoms with van der Waals surface area (Å²) in [5, 5.41) is 14.7. The van der Waals surface area contributed by atoms with Crippen molar-refractivity contribution in [2.45, 2.75) is 5.16 Å². The molecule has 0 fully saturated rings. The van der Waals surface area contributed by atoms with E-state index in [1.165, 1.54) is 23.9 Å². The quantitative estimate of drug-likeness (QED) is 0.375. The van der Waals surface area contributed by atoms with Gasteiger partial charge in [-0.1, -0.05) is 35.0 Å². The molecule has 1 aromatic heterocycles. The Bertz CT molecular complexity index is 977. The van der Waals surface area contributed by atoms with Gasteiger partial charge in [0.25, 0.3) is 5.69 Å². The van der Waals surface area contributed by atoms with Crippen LogP contribution in [0.25, 0.3) is 11.0 Å². The van der Waals surface area contributed by atoms with E-state index in [9.17, 15) is 14.9 Å². The van der Waals surface area contributed by atoms with Crippen molar-refractivity contribution in [3.63, 3.8) is 0 Å². The van der Waals surface area contributed by atoms with Crippen LogP contribution in [-0.2, 0) is 4.79 Å². The van der Waals surface area contributed by atoms with Crippen LogP contribution in [0, 0.1) is 10.1 Å². The number of rotatable bonds is 5. The second-order valence-corrected chi connectivity index (χ2v) is 6.74. The van der Waals surface area contributed by atoms with Crippen LogP contribution >= 0.6 is 35.0 Å². The Morgan fingerprint density at radius 2 is 2.04 bits per heavy atom. The SMILES string of the molecule is O=C(CSc1nc2ccc([N+](=O)[O-])cc2[nH]1)Nc1ccc(Cl)c(Cl)c1. The van der Waals surface area contributed by atoms with Crippen molar-refractivity contribution in [1.29, 1.82) is 0 Å². The highest BCUT2D eigenvalue weighted by atomic mass is 35.5. The Kier molecular flexibility index (Phi) is 5.12. The molecule has 0 spiro atoms. The summed E-state index contributed by atoms with van der Waals surface area (Å²) in [6.45, 7) is 0. The number of nitro groups is 1. The van der Waals surface area contributed by atoms with E-state index in [2.05, 4.69) is 15.3 Å². The van der Waals surface area contributed by atoms with Crippen LogP contribution in [-0.4, -0.2) is 26.6 Å². The molecule has 3 aromatic rings. The summed E-state index contributed by atoms with van der Waals surface area (Å²) in [4.78, 5) is 29.5. The third-order valence-electron chi connectivity index (χ3n) is 3.20. The van der Waals surface area contributed by atoms with Gasteiger partial charge in [-0.15, -0.1) is 0 Å². The van der Waals surface area contributed by atoms with Crippen LogP contribution in [0.3, 0.4) is 0 Å². The number of anilines is 1. The minimum absolute atomic E-state index is 0.0231. The Labute approximate surface area is 155 Å². The van der Waals surface area contributed by atoms with Crippen LogP contribution in [0.4, 0.5) is 11.4 Å². The number of carbonyl (C=O) groups excluding carboxylic acids is 1. The zero-order valence-corrected chi connectivity index (χ0v) is 14.8. The molecule has 0 radical (unpaired) electrons. The molecule has 0 aliphatic rings. The molecule has 0 bridgehead atoms. The van der Waals surface area contributed by atoms with E-state index < -0.39 is 4.92 Å². The van der Waals surface area contributed by atoms with Gasteiger partial charge in [0.1, 0.15) is 0 Å². The first-order valence-electron chi connectivity index (χ1n) is 6.94. The highest BCUT2D eigenvalue weighted by Crippen LogP contribution is 2.26. The number of H-pyrrole nitrogens is 1. The maximum Gasteiger partial charge on any atom is 0.271 e. The zero-order chi connectivity index (χ0) is 18.0. The zero-order valence-electron chi connectivity index (χ0n) is 12.5. The number of nitrogens with zero attached hydrogens (tertiary/aromatic N) is 2. The molecule has 0 atom stereocenters. The number of halogens is 2. The largest absolute Gasteiger partial charge is 0.333 e. The van der Waals surface area contributed by atoms with Crippen molar-refractivity contribution in [1.82, 2.24) is 9.97 Å². The van der Waals surface area contributed by atoms with Gasteiger partial charge in [0.15, 0.2) is 5.16 Å². The number of non-ortho nitro benzene ring substituents is 1. The number of imidazole rings is 1. The number of benzene rings is 2. The van der Waals surface area contributed by atoms with Crippen molar-refractivity contribution in [2.24, 2.45) is 0 Å². The summed E-state index contributed by atoms with van der Waals surface area (Å²) in [5.41, 5.74) is 1.66. The van der Waals surface area contributed by atoms with Gasteiger partial charge in [0.2, 0.25) is 5.91 Å². The summed E-state index contributed by atoms with van der Waals surface area (Å²) in [5.74, 6) is -0.128. The molecule has 0 aliphatic heterocycles. The minimum atomic E-state index is -0.474. The number of hydrogen-bond acceptors (Lipinski definition) is 5. The molecule has 0 saturated heterocycles. The maximum absolute atomic E-state index is 12.0. The third kappa shape index (κ3) is 4.22. The van der Waals surface area contributed by atoms with Crippen molar-refractivity contribution in [2.75, 3.05) is 11.1 Å². The Morgan fingerprint density at radius 1 is 1.24 bits per heavy atom. The number of fused-ring (bicyclic) bond motifs is 1. The van der Waals surface area contributed by atoms with Crippen LogP contribution in [0.15, 0.2) is 41.6 Å². The molecule has 2 aromatic carbocycles. The van der Waals surface area contributed by atoms with Gasteiger partial charge in [-0.2, -0.15) is 0 Å². The predicted octanol–water partition coefficient (Wildman–Crippen LogP) is 4.51. The van der Waals surface area contributed by atoms with E-state index in [1.807, 2.05) is 0 Å². The highest BCUT2D eigenvalue weighted by molar-refractivity contribution is 7.99. The number of aromatic nitrogens is 2. The Morgan fingerprint density at radius 3 is 2.76 bits per heavy atom. The summed E-state index contributed by atoms with van der Waals surface area (Å²) >= 11 is 12.9. The normalized spacial score (nSPS) is 10.8. The first kappa shape index (κ1) is 17.5. The van der Waals surface area contributed by atoms with E-state index >= 15 is 0 Å². The second-order valence-electron chi connectivity index (χ2n) is 4.97. The first-order chi connectivity index (χ1) is 11.9. The number of thioether (sulfide) groups is 1. The molecule has 2 N–H and O–H groups in total.